The van der Waals surface area contributed by atoms with Crippen LogP contribution in [0.4, 0.5) is 0 Å². The van der Waals surface area contributed by atoms with Crippen LogP contribution >= 0.6 is 0 Å². The molecule has 0 N–H and O–H groups in total. The smallest absolute Gasteiger partial charge is 0.158 e. The van der Waals surface area contributed by atoms with Crippen LogP contribution in [0.2, 0.25) is 0 Å². The lowest BCUT2D eigenvalue weighted by Gasteiger charge is -2.52. The molecule has 0 saturated heterocycles. The van der Waals surface area contributed by atoms with Gasteiger partial charge in [0.05, 0.1) is 6.10 Å². The summed E-state index contributed by atoms with van der Waals surface area (Å²) in [4.78, 5) is 12.2. The lowest BCUT2D eigenvalue weighted by Crippen LogP contribution is -2.50. The van der Waals surface area contributed by atoms with Gasteiger partial charge < -0.3 is 4.74 Å². The van der Waals surface area contributed by atoms with Crippen molar-refractivity contribution in [1.29, 1.82) is 0 Å². The van der Waals surface area contributed by atoms with E-state index in [1.165, 1.54) is 32.1 Å². The molecule has 22 heavy (non-hydrogen) atoms. The summed E-state index contributed by atoms with van der Waals surface area (Å²) in [6, 6.07) is 0. The van der Waals surface area contributed by atoms with Crippen molar-refractivity contribution in [3.63, 3.8) is 0 Å². The Morgan fingerprint density at radius 2 is 2.09 bits per heavy atom. The average Bonchev–Trinajstić information content (AvgIpc) is 2.99. The first-order valence-electron chi connectivity index (χ1n) is 9.28. The zero-order valence-corrected chi connectivity index (χ0v) is 14.2. The first kappa shape index (κ1) is 13.8. The van der Waals surface area contributed by atoms with Crippen LogP contribution in [0.25, 0.3) is 0 Å². The third kappa shape index (κ3) is 1.32. The molecule has 0 aromatic rings. The Bertz CT molecular complexity index is 591. The second-order valence-electron chi connectivity index (χ2n) is 9.05. The van der Waals surface area contributed by atoms with Gasteiger partial charge in [-0.15, -0.1) is 0 Å². The largest absolute Gasteiger partial charge is 0.381 e. The van der Waals surface area contributed by atoms with Gasteiger partial charge in [-0.2, -0.15) is 0 Å². The van der Waals surface area contributed by atoms with E-state index in [2.05, 4.69) is 13.8 Å². The van der Waals surface area contributed by atoms with E-state index in [0.29, 0.717) is 28.6 Å². The number of ketones is 1. The number of fused-ring (bicyclic) bond motifs is 4. The Balaban J connectivity index is 1.60. The Labute approximate surface area is 133 Å². The van der Waals surface area contributed by atoms with Crippen LogP contribution in [0.5, 0.6) is 0 Å². The summed E-state index contributed by atoms with van der Waals surface area (Å²) >= 11 is 0. The molecule has 0 bridgehead atoms. The van der Waals surface area contributed by atoms with Gasteiger partial charge in [0.15, 0.2) is 5.78 Å². The summed E-state index contributed by atoms with van der Waals surface area (Å²) in [5.41, 5.74) is 3.63. The fourth-order valence-electron chi connectivity index (χ4n) is 7.75. The second kappa shape index (κ2) is 4.06. The van der Waals surface area contributed by atoms with Crippen LogP contribution in [0.15, 0.2) is 11.1 Å². The molecule has 4 fully saturated rings. The molecule has 120 valence electrons. The molecule has 0 radical (unpaired) electrons. The molecule has 5 aliphatic carbocycles. The van der Waals surface area contributed by atoms with Gasteiger partial charge in [-0.1, -0.05) is 12.5 Å². The highest BCUT2D eigenvalue weighted by Gasteiger charge is 2.77. The average molecular weight is 300 g/mol. The van der Waals surface area contributed by atoms with Crippen molar-refractivity contribution in [3.05, 3.63) is 11.1 Å². The van der Waals surface area contributed by atoms with Crippen LogP contribution in [0, 0.1) is 34.5 Å². The summed E-state index contributed by atoms with van der Waals surface area (Å²) < 4.78 is 6.07. The Morgan fingerprint density at radius 3 is 2.82 bits per heavy atom. The summed E-state index contributed by atoms with van der Waals surface area (Å²) in [6.07, 6.45) is 9.06. The highest BCUT2D eigenvalue weighted by Crippen LogP contribution is 2.81. The van der Waals surface area contributed by atoms with Crippen molar-refractivity contribution in [2.45, 2.75) is 64.9 Å². The van der Waals surface area contributed by atoms with Crippen molar-refractivity contribution in [1.82, 2.24) is 0 Å². The Morgan fingerprint density at radius 1 is 1.27 bits per heavy atom. The van der Waals surface area contributed by atoms with E-state index in [-0.39, 0.29) is 0 Å². The molecule has 4 saturated carbocycles. The highest BCUT2D eigenvalue weighted by atomic mass is 16.5. The van der Waals surface area contributed by atoms with Gasteiger partial charge in [-0.3, -0.25) is 4.79 Å². The summed E-state index contributed by atoms with van der Waals surface area (Å²) in [5, 5.41) is 0. The predicted octanol–water partition coefficient (Wildman–Crippen LogP) is 4.14. The van der Waals surface area contributed by atoms with Gasteiger partial charge in [-0.05, 0) is 80.1 Å². The van der Waals surface area contributed by atoms with Crippen molar-refractivity contribution in [2.75, 3.05) is 7.11 Å². The molecule has 1 spiro atoms. The van der Waals surface area contributed by atoms with Crippen molar-refractivity contribution >= 4 is 5.78 Å². The SMILES string of the molecule is CO[C@@H]1C[C@H]2[C@@H]3CCC(=O)C(C)=C3C[C@@H]2[C@@]2(C)CC[C@@H]3C[C@]312. The van der Waals surface area contributed by atoms with E-state index < -0.39 is 0 Å². The maximum Gasteiger partial charge on any atom is 0.158 e. The zero-order chi connectivity index (χ0) is 15.3. The van der Waals surface area contributed by atoms with Crippen LogP contribution < -0.4 is 0 Å². The fraction of sp³-hybridized carbons (Fsp3) is 0.850. The van der Waals surface area contributed by atoms with Crippen molar-refractivity contribution in [3.8, 4) is 0 Å². The molecule has 0 aromatic carbocycles. The molecule has 2 nitrogen and oxygen atoms in total. The first-order valence-corrected chi connectivity index (χ1v) is 9.28. The highest BCUT2D eigenvalue weighted by molar-refractivity contribution is 5.96. The quantitative estimate of drug-likeness (QED) is 0.727. The molecular weight excluding hydrogens is 272 g/mol. The third-order valence-electron chi connectivity index (χ3n) is 8.90. The van der Waals surface area contributed by atoms with Gasteiger partial charge in [0.1, 0.15) is 0 Å². The minimum atomic E-state index is 0.420. The van der Waals surface area contributed by atoms with E-state index in [1.807, 2.05) is 7.11 Å². The summed E-state index contributed by atoms with van der Waals surface area (Å²) in [5.74, 6) is 3.63. The minimum Gasteiger partial charge on any atom is -0.381 e. The monoisotopic (exact) mass is 300 g/mol. The number of Topliss-reactive ketones (excluding diaryl/α,β-unsaturated/α-hetero) is 1. The number of carbonyl (C=O) groups is 1. The maximum absolute atomic E-state index is 12.2. The van der Waals surface area contributed by atoms with Crippen LogP contribution in [-0.2, 0) is 9.53 Å². The van der Waals surface area contributed by atoms with Gasteiger partial charge >= 0.3 is 0 Å². The van der Waals surface area contributed by atoms with Gasteiger partial charge in [0.2, 0.25) is 0 Å². The number of carbonyl (C=O) groups excluding carboxylic acids is 1. The van der Waals surface area contributed by atoms with Crippen molar-refractivity contribution in [2.24, 2.45) is 34.5 Å². The molecule has 0 aromatic heterocycles. The van der Waals surface area contributed by atoms with E-state index in [1.54, 1.807) is 5.57 Å². The van der Waals surface area contributed by atoms with Crippen LogP contribution in [-0.4, -0.2) is 19.0 Å². The number of hydrogen-bond acceptors (Lipinski definition) is 2. The number of hydrogen-bond donors (Lipinski definition) is 0. The Kier molecular flexibility index (Phi) is 2.54. The Hall–Kier alpha value is -0.630. The van der Waals surface area contributed by atoms with E-state index >= 15 is 0 Å². The number of rotatable bonds is 1. The molecule has 0 aliphatic heterocycles. The number of methoxy groups -OCH3 is 1. The fourth-order valence-corrected chi connectivity index (χ4v) is 7.75. The van der Waals surface area contributed by atoms with E-state index in [0.717, 1.165) is 36.2 Å². The maximum atomic E-state index is 12.2. The predicted molar refractivity (Wildman–Crippen MR) is 85.3 cm³/mol. The van der Waals surface area contributed by atoms with E-state index in [4.69, 9.17) is 4.74 Å². The van der Waals surface area contributed by atoms with Gasteiger partial charge in [-0.25, -0.2) is 0 Å². The minimum absolute atomic E-state index is 0.420. The molecule has 0 amide bonds. The molecular formula is C20H28O2. The van der Waals surface area contributed by atoms with Crippen LogP contribution in [0.3, 0.4) is 0 Å². The summed E-state index contributed by atoms with van der Waals surface area (Å²) in [6.45, 7) is 4.68. The number of ether oxygens (including phenoxy) is 1. The molecule has 0 heterocycles. The topological polar surface area (TPSA) is 26.3 Å². The van der Waals surface area contributed by atoms with Gasteiger partial charge in [0, 0.05) is 18.9 Å². The number of allylic oxidation sites excluding steroid dienone is 2. The normalized spacial score (nSPS) is 55.6. The second-order valence-corrected chi connectivity index (χ2v) is 9.05. The van der Waals surface area contributed by atoms with Crippen molar-refractivity contribution < 1.29 is 9.53 Å². The summed E-state index contributed by atoms with van der Waals surface area (Å²) in [7, 11) is 1.94. The van der Waals surface area contributed by atoms with E-state index in [9.17, 15) is 4.79 Å². The molecule has 5 aliphatic rings. The first-order chi connectivity index (χ1) is 10.5. The molecule has 0 unspecified atom stereocenters. The molecule has 2 heteroatoms. The van der Waals surface area contributed by atoms with Crippen LogP contribution in [0.1, 0.15) is 58.8 Å². The van der Waals surface area contributed by atoms with Gasteiger partial charge in [0.25, 0.3) is 0 Å². The lowest BCUT2D eigenvalue weighted by molar-refractivity contribution is -0.118. The standard InChI is InChI=1S/C20H28O2/c1-11-14-8-16-15(13(14)4-5-17(11)21)9-18(22-3)20-10-12(20)6-7-19(16,20)2/h12-13,15-16,18H,4-10H2,1-3H3/t12-,13-,15+,16+,18-,19-,20+/m1/s1. The zero-order valence-electron chi connectivity index (χ0n) is 14.2. The molecule has 5 rings (SSSR count). The third-order valence-corrected chi connectivity index (χ3v) is 8.90. The molecule has 7 atom stereocenters. The lowest BCUT2D eigenvalue weighted by atomic mass is 9.54.